The zero-order valence-electron chi connectivity index (χ0n) is 19.7. The fourth-order valence-corrected chi connectivity index (χ4v) is 5.14. The molecule has 1 aromatic heterocycles. The molecule has 2 heterocycles. The Kier molecular flexibility index (Phi) is 6.57. The van der Waals surface area contributed by atoms with Crippen LogP contribution in [-0.2, 0) is 20.7 Å². The van der Waals surface area contributed by atoms with Gasteiger partial charge in [0.1, 0.15) is 0 Å². The summed E-state index contributed by atoms with van der Waals surface area (Å²) in [6.07, 6.45) is 5.18. The molecule has 0 saturated carbocycles. The van der Waals surface area contributed by atoms with Gasteiger partial charge in [0.15, 0.2) is 5.78 Å². The molecule has 176 valence electrons. The van der Waals surface area contributed by atoms with Gasteiger partial charge in [0.05, 0.1) is 12.2 Å². The Bertz CT molecular complexity index is 1280. The van der Waals surface area contributed by atoms with E-state index in [1.807, 2.05) is 67.6 Å². The summed E-state index contributed by atoms with van der Waals surface area (Å²) >= 11 is 0. The molecule has 0 bridgehead atoms. The monoisotopic (exact) mass is 464 g/mol. The Morgan fingerprint density at radius 2 is 1.63 bits per heavy atom. The maximum Gasteiger partial charge on any atom is 0.336 e. The van der Waals surface area contributed by atoms with Gasteiger partial charge in [0, 0.05) is 48.1 Å². The van der Waals surface area contributed by atoms with E-state index < -0.39 is 11.9 Å². The normalized spacial score (nSPS) is 19.7. The van der Waals surface area contributed by atoms with Gasteiger partial charge in [-0.25, -0.2) is 4.79 Å². The van der Waals surface area contributed by atoms with Crippen LogP contribution in [0, 0.1) is 0 Å². The quantitative estimate of drug-likeness (QED) is 0.506. The lowest BCUT2D eigenvalue weighted by Gasteiger charge is -2.36. The second-order valence-electron chi connectivity index (χ2n) is 9.08. The standard InChI is InChI=1S/C30H28N2O3/c1-20-27(30(34)35-17-14-21-8-4-2-5-9-21)28(23-12-15-31-16-13-23)29-25(32-20)18-24(19-26(29)33)22-10-6-3-7-11-22/h2-13,15-16,24,28,32H,14,17-19H2,1H3/t24-,28-/m0/s1. The first kappa shape index (κ1) is 22.8. The SMILES string of the molecule is CC1=C(C(=O)OCCc2ccccc2)[C@H](c2ccncc2)C2=C(C[C@H](c3ccccc3)CC2=O)N1. The highest BCUT2D eigenvalue weighted by Gasteiger charge is 2.41. The number of hydrogen-bond acceptors (Lipinski definition) is 5. The van der Waals surface area contributed by atoms with Crippen molar-refractivity contribution in [1.29, 1.82) is 0 Å². The van der Waals surface area contributed by atoms with Gasteiger partial charge in [0.25, 0.3) is 0 Å². The highest BCUT2D eigenvalue weighted by atomic mass is 16.5. The van der Waals surface area contributed by atoms with Crippen molar-refractivity contribution in [2.75, 3.05) is 6.61 Å². The van der Waals surface area contributed by atoms with E-state index in [2.05, 4.69) is 22.4 Å². The molecule has 3 aromatic rings. The Hall–Kier alpha value is -3.99. The molecule has 0 spiro atoms. The second kappa shape index (κ2) is 10.1. The van der Waals surface area contributed by atoms with Gasteiger partial charge in [-0.15, -0.1) is 0 Å². The number of dihydropyridines is 1. The zero-order valence-corrected chi connectivity index (χ0v) is 19.7. The molecule has 1 N–H and O–H groups in total. The van der Waals surface area contributed by atoms with Crippen LogP contribution in [0.1, 0.15) is 48.3 Å². The van der Waals surface area contributed by atoms with E-state index in [-0.39, 0.29) is 18.3 Å². The Morgan fingerprint density at radius 1 is 0.943 bits per heavy atom. The number of rotatable bonds is 6. The summed E-state index contributed by atoms with van der Waals surface area (Å²) < 4.78 is 5.73. The van der Waals surface area contributed by atoms with Crippen LogP contribution >= 0.6 is 0 Å². The first-order valence-electron chi connectivity index (χ1n) is 12.0. The average molecular weight is 465 g/mol. The lowest BCUT2D eigenvalue weighted by Crippen LogP contribution is -2.36. The molecule has 5 nitrogen and oxygen atoms in total. The van der Waals surface area contributed by atoms with Crippen molar-refractivity contribution in [3.05, 3.63) is 124 Å². The number of esters is 1. The fourth-order valence-electron chi connectivity index (χ4n) is 5.14. The van der Waals surface area contributed by atoms with Gasteiger partial charge in [0.2, 0.25) is 0 Å². The van der Waals surface area contributed by atoms with E-state index in [0.717, 1.165) is 34.5 Å². The molecule has 1 aliphatic carbocycles. The molecule has 5 heteroatoms. The van der Waals surface area contributed by atoms with Crippen LogP contribution in [0.3, 0.4) is 0 Å². The molecule has 1 aliphatic heterocycles. The highest BCUT2D eigenvalue weighted by Crippen LogP contribution is 2.45. The number of pyridine rings is 1. The number of hydrogen-bond donors (Lipinski definition) is 1. The summed E-state index contributed by atoms with van der Waals surface area (Å²) in [7, 11) is 0. The van der Waals surface area contributed by atoms with Gasteiger partial charge in [-0.05, 0) is 48.1 Å². The minimum Gasteiger partial charge on any atom is -0.462 e. The number of carbonyl (C=O) groups excluding carboxylic acids is 2. The van der Waals surface area contributed by atoms with Crippen molar-refractivity contribution < 1.29 is 14.3 Å². The molecule has 2 atom stereocenters. The molecule has 0 unspecified atom stereocenters. The first-order valence-corrected chi connectivity index (χ1v) is 12.0. The summed E-state index contributed by atoms with van der Waals surface area (Å²) in [6, 6.07) is 23.8. The molecule has 0 amide bonds. The number of allylic oxidation sites excluding steroid dienone is 3. The van der Waals surface area contributed by atoms with Crippen LogP contribution in [0.5, 0.6) is 0 Å². The molecule has 5 rings (SSSR count). The van der Waals surface area contributed by atoms with E-state index in [0.29, 0.717) is 24.0 Å². The van der Waals surface area contributed by atoms with E-state index in [1.54, 1.807) is 12.4 Å². The topological polar surface area (TPSA) is 68.3 Å². The molecule has 0 radical (unpaired) electrons. The summed E-state index contributed by atoms with van der Waals surface area (Å²) in [4.78, 5) is 31.1. The van der Waals surface area contributed by atoms with Gasteiger partial charge in [-0.3, -0.25) is 9.78 Å². The lowest BCUT2D eigenvalue weighted by atomic mass is 9.72. The van der Waals surface area contributed by atoms with Crippen molar-refractivity contribution in [3.63, 3.8) is 0 Å². The molecular weight excluding hydrogens is 436 g/mol. The van der Waals surface area contributed by atoms with Crippen molar-refractivity contribution in [2.45, 2.75) is 38.0 Å². The van der Waals surface area contributed by atoms with Crippen LogP contribution in [-0.4, -0.2) is 23.3 Å². The Balaban J connectivity index is 1.44. The summed E-state index contributed by atoms with van der Waals surface area (Å²) in [6.45, 7) is 2.17. The third kappa shape index (κ3) is 4.80. The number of ether oxygens (including phenoxy) is 1. The van der Waals surface area contributed by atoms with Crippen molar-refractivity contribution in [1.82, 2.24) is 10.3 Å². The largest absolute Gasteiger partial charge is 0.462 e. The number of ketones is 1. The van der Waals surface area contributed by atoms with E-state index in [1.165, 1.54) is 0 Å². The smallest absolute Gasteiger partial charge is 0.336 e. The van der Waals surface area contributed by atoms with Crippen molar-refractivity contribution >= 4 is 11.8 Å². The first-order chi connectivity index (χ1) is 17.1. The second-order valence-corrected chi connectivity index (χ2v) is 9.08. The van der Waals surface area contributed by atoms with Crippen LogP contribution < -0.4 is 5.32 Å². The summed E-state index contributed by atoms with van der Waals surface area (Å²) in [5.41, 5.74) is 5.93. The van der Waals surface area contributed by atoms with Crippen molar-refractivity contribution in [2.24, 2.45) is 0 Å². The average Bonchev–Trinajstić information content (AvgIpc) is 2.89. The number of nitrogens with one attached hydrogen (secondary N) is 1. The molecule has 2 aliphatic rings. The van der Waals surface area contributed by atoms with E-state index in [9.17, 15) is 9.59 Å². The number of nitrogens with zero attached hydrogens (tertiary/aromatic N) is 1. The molecule has 2 aromatic carbocycles. The van der Waals surface area contributed by atoms with E-state index >= 15 is 0 Å². The maximum atomic E-state index is 13.6. The number of Topliss-reactive ketones (excluding diaryl/α,β-unsaturated/α-hetero) is 1. The number of aromatic nitrogens is 1. The Morgan fingerprint density at radius 3 is 2.34 bits per heavy atom. The third-order valence-corrected chi connectivity index (χ3v) is 6.82. The van der Waals surface area contributed by atoms with Crippen LogP contribution in [0.25, 0.3) is 0 Å². The van der Waals surface area contributed by atoms with Gasteiger partial charge in [-0.2, -0.15) is 0 Å². The minimum absolute atomic E-state index is 0.0662. The van der Waals surface area contributed by atoms with Crippen LogP contribution in [0.15, 0.2) is 108 Å². The summed E-state index contributed by atoms with van der Waals surface area (Å²) in [5, 5.41) is 3.41. The Labute approximate surface area is 205 Å². The predicted molar refractivity (Wildman–Crippen MR) is 134 cm³/mol. The van der Waals surface area contributed by atoms with Crippen LogP contribution in [0.2, 0.25) is 0 Å². The molecule has 0 fully saturated rings. The van der Waals surface area contributed by atoms with Gasteiger partial charge < -0.3 is 10.1 Å². The zero-order chi connectivity index (χ0) is 24.2. The van der Waals surface area contributed by atoms with Crippen molar-refractivity contribution in [3.8, 4) is 0 Å². The minimum atomic E-state index is -0.470. The third-order valence-electron chi connectivity index (χ3n) is 6.82. The van der Waals surface area contributed by atoms with Gasteiger partial charge in [-0.1, -0.05) is 60.7 Å². The van der Waals surface area contributed by atoms with Crippen LogP contribution in [0.4, 0.5) is 0 Å². The van der Waals surface area contributed by atoms with E-state index in [4.69, 9.17) is 4.74 Å². The molecular formula is C30H28N2O3. The highest BCUT2D eigenvalue weighted by molar-refractivity contribution is 6.04. The fraction of sp³-hybridized carbons (Fsp3) is 0.233. The maximum absolute atomic E-state index is 13.6. The lowest BCUT2D eigenvalue weighted by molar-refractivity contribution is -0.139. The molecule has 0 saturated heterocycles. The number of benzene rings is 2. The van der Waals surface area contributed by atoms with Gasteiger partial charge >= 0.3 is 5.97 Å². The molecule has 35 heavy (non-hydrogen) atoms. The summed E-state index contributed by atoms with van der Waals surface area (Å²) in [5.74, 6) is -0.684. The predicted octanol–water partition coefficient (Wildman–Crippen LogP) is 5.23. The number of carbonyl (C=O) groups is 2.